The lowest BCUT2D eigenvalue weighted by molar-refractivity contribution is 0.102. The van der Waals surface area contributed by atoms with E-state index in [1.54, 1.807) is 36.5 Å². The Hall–Kier alpha value is -2.08. The average Bonchev–Trinajstić information content (AvgIpc) is 3.13. The number of amides is 1. The fraction of sp³-hybridized carbons (Fsp3) is 0.238. The summed E-state index contributed by atoms with van der Waals surface area (Å²) < 4.78 is 5.62. The summed E-state index contributed by atoms with van der Waals surface area (Å²) in [5, 5.41) is 4.45. The molecular formula is C21H20Cl2N2O2S. The number of unbranched alkanes of at least 4 members (excludes halogenated alkanes) is 1. The van der Waals surface area contributed by atoms with E-state index in [0.717, 1.165) is 29.0 Å². The molecule has 0 fully saturated rings. The second-order valence-corrected chi connectivity index (χ2v) is 8.10. The van der Waals surface area contributed by atoms with E-state index in [4.69, 9.17) is 27.9 Å². The summed E-state index contributed by atoms with van der Waals surface area (Å²) in [5.41, 5.74) is 1.48. The maximum atomic E-state index is 12.4. The molecule has 1 heterocycles. The first-order chi connectivity index (χ1) is 13.6. The third kappa shape index (κ3) is 5.47. The average molecular weight is 435 g/mol. The van der Waals surface area contributed by atoms with Crippen LogP contribution in [-0.2, 0) is 6.42 Å². The van der Waals surface area contributed by atoms with Crippen LogP contribution in [0.15, 0.2) is 48.7 Å². The minimum Gasteiger partial charge on any atom is -0.494 e. The number of rotatable bonds is 8. The van der Waals surface area contributed by atoms with Crippen molar-refractivity contribution in [2.24, 2.45) is 0 Å². The van der Waals surface area contributed by atoms with Gasteiger partial charge in [0.1, 0.15) is 5.75 Å². The number of anilines is 1. The van der Waals surface area contributed by atoms with Crippen molar-refractivity contribution in [3.63, 3.8) is 0 Å². The Balaban J connectivity index is 1.60. The molecule has 2 aromatic carbocycles. The third-order valence-electron chi connectivity index (χ3n) is 4.05. The van der Waals surface area contributed by atoms with E-state index >= 15 is 0 Å². The number of aromatic nitrogens is 1. The molecule has 0 saturated carbocycles. The Morgan fingerprint density at radius 2 is 1.96 bits per heavy atom. The molecule has 0 bridgehead atoms. The number of halogens is 2. The van der Waals surface area contributed by atoms with Gasteiger partial charge in [-0.25, -0.2) is 4.98 Å². The smallest absolute Gasteiger partial charge is 0.257 e. The van der Waals surface area contributed by atoms with Crippen LogP contribution in [-0.4, -0.2) is 17.5 Å². The number of hydrogen-bond acceptors (Lipinski definition) is 4. The summed E-state index contributed by atoms with van der Waals surface area (Å²) in [4.78, 5) is 17.7. The Bertz CT molecular complexity index is 942. The lowest BCUT2D eigenvalue weighted by Crippen LogP contribution is -2.11. The van der Waals surface area contributed by atoms with E-state index in [1.165, 1.54) is 11.3 Å². The molecule has 0 aliphatic rings. The number of ether oxygens (including phenoxy) is 1. The summed E-state index contributed by atoms with van der Waals surface area (Å²) >= 11 is 13.7. The molecule has 146 valence electrons. The molecule has 0 saturated heterocycles. The summed E-state index contributed by atoms with van der Waals surface area (Å²) in [5.74, 6) is 0.557. The van der Waals surface area contributed by atoms with Crippen LogP contribution >= 0.6 is 34.5 Å². The summed E-state index contributed by atoms with van der Waals surface area (Å²) in [6, 6.07) is 12.6. The van der Waals surface area contributed by atoms with E-state index in [1.807, 2.05) is 12.1 Å². The molecule has 0 spiro atoms. The molecule has 4 nitrogen and oxygen atoms in total. The number of nitrogens with zero attached hydrogens (tertiary/aromatic N) is 1. The fourth-order valence-corrected chi connectivity index (χ4v) is 3.74. The molecule has 0 aliphatic carbocycles. The van der Waals surface area contributed by atoms with Gasteiger partial charge < -0.3 is 4.74 Å². The molecule has 3 rings (SSSR count). The number of carbonyl (C=O) groups excluding carboxylic acids is 1. The van der Waals surface area contributed by atoms with Crippen LogP contribution in [0.1, 0.15) is 40.6 Å². The largest absolute Gasteiger partial charge is 0.494 e. The molecule has 7 heteroatoms. The molecule has 0 atom stereocenters. The molecule has 0 unspecified atom stereocenters. The third-order valence-corrected chi connectivity index (χ3v) is 5.82. The van der Waals surface area contributed by atoms with E-state index < -0.39 is 0 Å². The van der Waals surface area contributed by atoms with Gasteiger partial charge in [-0.2, -0.15) is 0 Å². The van der Waals surface area contributed by atoms with Crippen molar-refractivity contribution in [2.75, 3.05) is 11.9 Å². The van der Waals surface area contributed by atoms with Crippen LogP contribution < -0.4 is 10.1 Å². The van der Waals surface area contributed by atoms with E-state index in [2.05, 4.69) is 17.2 Å². The van der Waals surface area contributed by atoms with E-state index in [-0.39, 0.29) is 5.91 Å². The minimum atomic E-state index is -0.207. The molecule has 28 heavy (non-hydrogen) atoms. The van der Waals surface area contributed by atoms with Gasteiger partial charge in [-0.15, -0.1) is 11.3 Å². The number of benzene rings is 2. The lowest BCUT2D eigenvalue weighted by Gasteiger charge is -2.06. The van der Waals surface area contributed by atoms with Crippen molar-refractivity contribution in [3.8, 4) is 5.75 Å². The highest BCUT2D eigenvalue weighted by Gasteiger charge is 2.11. The van der Waals surface area contributed by atoms with Gasteiger partial charge in [-0.05, 0) is 42.3 Å². The van der Waals surface area contributed by atoms with Crippen molar-refractivity contribution < 1.29 is 9.53 Å². The molecule has 3 aromatic rings. The van der Waals surface area contributed by atoms with Crippen LogP contribution in [0.2, 0.25) is 10.0 Å². The van der Waals surface area contributed by atoms with Crippen LogP contribution in [0, 0.1) is 0 Å². The van der Waals surface area contributed by atoms with Gasteiger partial charge in [0.25, 0.3) is 5.91 Å². The van der Waals surface area contributed by atoms with Gasteiger partial charge in [0.15, 0.2) is 5.13 Å². The normalized spacial score (nSPS) is 10.7. The molecule has 0 radical (unpaired) electrons. The van der Waals surface area contributed by atoms with Gasteiger partial charge in [-0.3, -0.25) is 10.1 Å². The van der Waals surface area contributed by atoms with Crippen LogP contribution in [0.4, 0.5) is 5.13 Å². The predicted octanol–water partition coefficient (Wildman–Crippen LogP) is 6.47. The van der Waals surface area contributed by atoms with E-state index in [9.17, 15) is 4.79 Å². The van der Waals surface area contributed by atoms with Gasteiger partial charge in [0.2, 0.25) is 0 Å². The number of nitrogens with one attached hydrogen (secondary N) is 1. The van der Waals surface area contributed by atoms with Crippen LogP contribution in [0.25, 0.3) is 0 Å². The van der Waals surface area contributed by atoms with Crippen LogP contribution in [0.5, 0.6) is 5.75 Å². The quantitative estimate of drug-likeness (QED) is 0.413. The van der Waals surface area contributed by atoms with Crippen LogP contribution in [0.3, 0.4) is 0 Å². The Labute approximate surface area is 178 Å². The summed E-state index contributed by atoms with van der Waals surface area (Å²) in [7, 11) is 0. The van der Waals surface area contributed by atoms with Crippen molar-refractivity contribution >= 4 is 45.6 Å². The highest BCUT2D eigenvalue weighted by Crippen LogP contribution is 2.29. The van der Waals surface area contributed by atoms with Crippen molar-refractivity contribution in [1.82, 2.24) is 4.98 Å². The van der Waals surface area contributed by atoms with Crippen molar-refractivity contribution in [1.29, 1.82) is 0 Å². The first kappa shape index (κ1) is 20.6. The Kier molecular flexibility index (Phi) is 7.31. The summed E-state index contributed by atoms with van der Waals surface area (Å²) in [6.45, 7) is 2.80. The number of hydrogen-bond donors (Lipinski definition) is 1. The predicted molar refractivity (Wildman–Crippen MR) is 116 cm³/mol. The second-order valence-electron chi connectivity index (χ2n) is 6.20. The first-order valence-electron chi connectivity index (χ1n) is 8.98. The standard InChI is InChI=1S/C21H20Cl2N2O2S/c1-2-3-11-27-16-9-7-14(8-10-16)20(26)25-21-24-13-17(28-21)12-15-5-4-6-18(22)19(15)23/h4-10,13H,2-3,11-12H2,1H3,(H,24,25,26). The highest BCUT2D eigenvalue weighted by atomic mass is 35.5. The van der Waals surface area contributed by atoms with Crippen molar-refractivity contribution in [2.45, 2.75) is 26.2 Å². The Morgan fingerprint density at radius 3 is 2.71 bits per heavy atom. The minimum absolute atomic E-state index is 0.207. The maximum Gasteiger partial charge on any atom is 0.257 e. The first-order valence-corrected chi connectivity index (χ1v) is 10.6. The van der Waals surface area contributed by atoms with Gasteiger partial charge in [0, 0.05) is 23.1 Å². The molecule has 1 N–H and O–H groups in total. The van der Waals surface area contributed by atoms with Crippen molar-refractivity contribution in [3.05, 3.63) is 74.7 Å². The molecular weight excluding hydrogens is 415 g/mol. The highest BCUT2D eigenvalue weighted by molar-refractivity contribution is 7.15. The summed E-state index contributed by atoms with van der Waals surface area (Å²) in [6.07, 6.45) is 4.44. The fourth-order valence-electron chi connectivity index (χ4n) is 2.53. The lowest BCUT2D eigenvalue weighted by atomic mass is 10.1. The Morgan fingerprint density at radius 1 is 1.18 bits per heavy atom. The number of carbonyl (C=O) groups is 1. The SMILES string of the molecule is CCCCOc1ccc(C(=O)Nc2ncc(Cc3cccc(Cl)c3Cl)s2)cc1. The topological polar surface area (TPSA) is 51.2 Å². The van der Waals surface area contributed by atoms with Gasteiger partial charge in [0.05, 0.1) is 16.7 Å². The van der Waals surface area contributed by atoms with Gasteiger partial charge >= 0.3 is 0 Å². The second kappa shape index (κ2) is 9.92. The molecule has 1 aromatic heterocycles. The van der Waals surface area contributed by atoms with Gasteiger partial charge in [-0.1, -0.05) is 48.7 Å². The zero-order valence-corrected chi connectivity index (χ0v) is 17.7. The monoisotopic (exact) mass is 434 g/mol. The number of thiazole rings is 1. The maximum absolute atomic E-state index is 12.4. The molecule has 1 amide bonds. The van der Waals surface area contributed by atoms with E-state index in [0.29, 0.717) is 33.8 Å². The molecule has 0 aliphatic heterocycles. The zero-order chi connectivity index (χ0) is 19.9. The zero-order valence-electron chi connectivity index (χ0n) is 15.4.